The fraction of sp³-hybridized carbons (Fsp3) is 0.143. The third kappa shape index (κ3) is 3.61. The van der Waals surface area contributed by atoms with E-state index in [1.165, 1.54) is 10.9 Å². The molecule has 3 aromatic rings. The maximum Gasteiger partial charge on any atom is 0.316 e. The zero-order valence-corrected chi connectivity index (χ0v) is 12.3. The van der Waals surface area contributed by atoms with E-state index in [4.69, 9.17) is 4.52 Å². The standard InChI is InChI=1S/C14H12N6O4/c21-13(15-6-10-4-2-1-3-5-10)14-17-12(18-24-14)9-19-8-11(7-16-19)20(22)23/h1-5,7-8H,6,9H2,(H,15,21). The van der Waals surface area contributed by atoms with Crippen molar-refractivity contribution in [3.05, 3.63) is 70.1 Å². The van der Waals surface area contributed by atoms with Gasteiger partial charge in [0, 0.05) is 6.54 Å². The third-order valence-electron chi connectivity index (χ3n) is 3.09. The SMILES string of the molecule is O=C(NCc1ccccc1)c1nc(Cn2cc([N+](=O)[O-])cn2)no1. The summed E-state index contributed by atoms with van der Waals surface area (Å²) in [5.74, 6) is -0.482. The molecule has 0 aliphatic heterocycles. The molecule has 1 aromatic carbocycles. The minimum absolute atomic E-state index is 0.0588. The molecule has 0 saturated heterocycles. The van der Waals surface area contributed by atoms with E-state index in [1.807, 2.05) is 30.3 Å². The van der Waals surface area contributed by atoms with Crippen LogP contribution in [0.15, 0.2) is 47.2 Å². The monoisotopic (exact) mass is 328 g/mol. The molecule has 122 valence electrons. The van der Waals surface area contributed by atoms with Gasteiger partial charge in [-0.2, -0.15) is 10.1 Å². The lowest BCUT2D eigenvalue weighted by Gasteiger charge is -2.01. The molecule has 24 heavy (non-hydrogen) atoms. The first-order valence-corrected chi connectivity index (χ1v) is 6.93. The smallest absolute Gasteiger partial charge is 0.316 e. The Morgan fingerprint density at radius 2 is 2.12 bits per heavy atom. The van der Waals surface area contributed by atoms with Gasteiger partial charge in [-0.05, 0) is 5.56 Å². The van der Waals surface area contributed by atoms with Gasteiger partial charge in [-0.3, -0.25) is 19.6 Å². The number of amides is 1. The van der Waals surface area contributed by atoms with Crippen LogP contribution in [0.5, 0.6) is 0 Å². The van der Waals surface area contributed by atoms with E-state index in [0.717, 1.165) is 11.8 Å². The summed E-state index contributed by atoms with van der Waals surface area (Å²) in [7, 11) is 0. The number of nitro groups is 1. The number of hydrogen-bond donors (Lipinski definition) is 1. The first-order valence-electron chi connectivity index (χ1n) is 6.93. The molecule has 1 N–H and O–H groups in total. The number of nitrogens with zero attached hydrogens (tertiary/aromatic N) is 5. The lowest BCUT2D eigenvalue weighted by molar-refractivity contribution is -0.385. The van der Waals surface area contributed by atoms with Gasteiger partial charge in [0.15, 0.2) is 5.82 Å². The molecule has 1 amide bonds. The Morgan fingerprint density at radius 1 is 1.33 bits per heavy atom. The summed E-state index contributed by atoms with van der Waals surface area (Å²) in [5.41, 5.74) is 0.800. The molecule has 3 rings (SSSR count). The minimum Gasteiger partial charge on any atom is -0.344 e. The van der Waals surface area contributed by atoms with Crippen LogP contribution in [0.1, 0.15) is 22.1 Å². The second-order valence-electron chi connectivity index (χ2n) is 4.84. The summed E-state index contributed by atoms with van der Waals surface area (Å²) < 4.78 is 6.18. The van der Waals surface area contributed by atoms with E-state index in [0.29, 0.717) is 6.54 Å². The Balaban J connectivity index is 1.60. The number of benzene rings is 1. The van der Waals surface area contributed by atoms with Gasteiger partial charge in [0.25, 0.3) is 0 Å². The lowest BCUT2D eigenvalue weighted by Crippen LogP contribution is -2.23. The van der Waals surface area contributed by atoms with Crippen LogP contribution in [-0.4, -0.2) is 30.8 Å². The molecule has 0 saturated carbocycles. The summed E-state index contributed by atoms with van der Waals surface area (Å²) in [6, 6.07) is 9.38. The summed E-state index contributed by atoms with van der Waals surface area (Å²) in [4.78, 5) is 26.0. The van der Waals surface area contributed by atoms with Gasteiger partial charge in [0.2, 0.25) is 0 Å². The summed E-state index contributed by atoms with van der Waals surface area (Å²) >= 11 is 0. The Morgan fingerprint density at radius 3 is 2.83 bits per heavy atom. The molecular weight excluding hydrogens is 316 g/mol. The van der Waals surface area contributed by atoms with Crippen molar-refractivity contribution in [3.8, 4) is 0 Å². The highest BCUT2D eigenvalue weighted by atomic mass is 16.6. The minimum atomic E-state index is -0.553. The van der Waals surface area contributed by atoms with Crippen molar-refractivity contribution >= 4 is 11.6 Å². The number of rotatable bonds is 6. The fourth-order valence-electron chi connectivity index (χ4n) is 1.94. The Kier molecular flexibility index (Phi) is 4.27. The number of nitrogens with one attached hydrogen (secondary N) is 1. The quantitative estimate of drug-likeness (QED) is 0.530. The van der Waals surface area contributed by atoms with Gasteiger partial charge in [0.1, 0.15) is 18.9 Å². The summed E-state index contributed by atoms with van der Waals surface area (Å²) in [6.45, 7) is 0.395. The molecule has 0 aliphatic carbocycles. The van der Waals surface area contributed by atoms with Gasteiger partial charge in [0.05, 0.1) is 4.92 Å². The first-order chi connectivity index (χ1) is 11.6. The molecule has 2 aromatic heterocycles. The van der Waals surface area contributed by atoms with Gasteiger partial charge in [-0.15, -0.1) is 0 Å². The molecule has 0 radical (unpaired) electrons. The van der Waals surface area contributed by atoms with Crippen molar-refractivity contribution in [2.24, 2.45) is 0 Å². The molecule has 0 bridgehead atoms. The Hall–Kier alpha value is -3.56. The topological polar surface area (TPSA) is 129 Å². The number of aromatic nitrogens is 4. The highest BCUT2D eigenvalue weighted by Crippen LogP contribution is 2.09. The zero-order chi connectivity index (χ0) is 16.9. The van der Waals surface area contributed by atoms with Crippen molar-refractivity contribution in [1.82, 2.24) is 25.2 Å². The van der Waals surface area contributed by atoms with Crippen LogP contribution < -0.4 is 5.32 Å². The van der Waals surface area contributed by atoms with Crippen LogP contribution in [0.2, 0.25) is 0 Å². The fourth-order valence-corrected chi connectivity index (χ4v) is 1.94. The Labute approximate surface area is 135 Å². The second-order valence-corrected chi connectivity index (χ2v) is 4.84. The van der Waals surface area contributed by atoms with Crippen molar-refractivity contribution in [2.45, 2.75) is 13.1 Å². The molecular formula is C14H12N6O4. The van der Waals surface area contributed by atoms with Crippen LogP contribution in [-0.2, 0) is 13.1 Å². The predicted octanol–water partition coefficient (Wildman–Crippen LogP) is 1.15. The summed E-state index contributed by atoms with van der Waals surface area (Å²) in [6.07, 6.45) is 2.36. The van der Waals surface area contributed by atoms with Crippen LogP contribution in [0.4, 0.5) is 5.69 Å². The van der Waals surface area contributed by atoms with Crippen LogP contribution in [0.3, 0.4) is 0 Å². The molecule has 10 heteroatoms. The van der Waals surface area contributed by atoms with Crippen molar-refractivity contribution in [3.63, 3.8) is 0 Å². The zero-order valence-electron chi connectivity index (χ0n) is 12.3. The van der Waals surface area contributed by atoms with Gasteiger partial charge >= 0.3 is 17.5 Å². The maximum atomic E-state index is 12.0. The Bertz CT molecular complexity index is 857. The summed E-state index contributed by atoms with van der Waals surface area (Å²) in [5, 5.41) is 20.7. The molecule has 0 unspecified atom stereocenters. The number of carbonyl (C=O) groups excluding carboxylic acids is 1. The largest absolute Gasteiger partial charge is 0.344 e. The van der Waals surface area contributed by atoms with Crippen molar-refractivity contribution < 1.29 is 14.2 Å². The molecule has 2 heterocycles. The third-order valence-corrected chi connectivity index (χ3v) is 3.09. The lowest BCUT2D eigenvalue weighted by atomic mass is 10.2. The average Bonchev–Trinajstić information content (AvgIpc) is 3.24. The van der Waals surface area contributed by atoms with Gasteiger partial charge < -0.3 is 9.84 Å². The highest BCUT2D eigenvalue weighted by molar-refractivity contribution is 5.89. The van der Waals surface area contributed by atoms with E-state index in [1.54, 1.807) is 0 Å². The maximum absolute atomic E-state index is 12.0. The van der Waals surface area contributed by atoms with E-state index in [2.05, 4.69) is 20.6 Å². The van der Waals surface area contributed by atoms with E-state index in [-0.39, 0.29) is 23.9 Å². The molecule has 10 nitrogen and oxygen atoms in total. The van der Waals surface area contributed by atoms with Crippen molar-refractivity contribution in [2.75, 3.05) is 0 Å². The van der Waals surface area contributed by atoms with Crippen LogP contribution in [0.25, 0.3) is 0 Å². The number of hydrogen-bond acceptors (Lipinski definition) is 7. The van der Waals surface area contributed by atoms with Crippen LogP contribution >= 0.6 is 0 Å². The number of carbonyl (C=O) groups is 1. The highest BCUT2D eigenvalue weighted by Gasteiger charge is 2.16. The first kappa shape index (κ1) is 15.3. The van der Waals surface area contributed by atoms with Gasteiger partial charge in [-0.1, -0.05) is 35.5 Å². The normalized spacial score (nSPS) is 10.5. The second kappa shape index (κ2) is 6.69. The molecule has 0 atom stereocenters. The molecule has 0 fully saturated rings. The van der Waals surface area contributed by atoms with E-state index >= 15 is 0 Å². The molecule has 0 spiro atoms. The van der Waals surface area contributed by atoms with Gasteiger partial charge in [-0.25, -0.2) is 0 Å². The van der Waals surface area contributed by atoms with Crippen LogP contribution in [0, 0.1) is 10.1 Å². The predicted molar refractivity (Wildman–Crippen MR) is 79.9 cm³/mol. The van der Waals surface area contributed by atoms with E-state index < -0.39 is 10.8 Å². The average molecular weight is 328 g/mol. The van der Waals surface area contributed by atoms with E-state index in [9.17, 15) is 14.9 Å². The van der Waals surface area contributed by atoms with Crippen molar-refractivity contribution in [1.29, 1.82) is 0 Å². The molecule has 0 aliphatic rings.